The summed E-state index contributed by atoms with van der Waals surface area (Å²) in [7, 11) is -3.64. The maximum Gasteiger partial charge on any atom is 0.264 e. The number of thiophene rings is 1. The van der Waals surface area contributed by atoms with Gasteiger partial charge in [0.25, 0.3) is 10.0 Å². The first kappa shape index (κ1) is 19.3. The molecule has 3 aromatic rings. The largest absolute Gasteiger partial charge is 0.264 e. The fourth-order valence-electron chi connectivity index (χ4n) is 3.12. The van der Waals surface area contributed by atoms with Gasteiger partial charge in [-0.3, -0.25) is 4.31 Å². The van der Waals surface area contributed by atoms with Gasteiger partial charge in [0.2, 0.25) is 0 Å². The van der Waals surface area contributed by atoms with Gasteiger partial charge in [0.15, 0.2) is 0 Å². The Morgan fingerprint density at radius 2 is 1.75 bits per heavy atom. The third-order valence-corrected chi connectivity index (χ3v) is 7.75. The van der Waals surface area contributed by atoms with Crippen molar-refractivity contribution < 1.29 is 8.42 Å². The molecule has 28 heavy (non-hydrogen) atoms. The lowest BCUT2D eigenvalue weighted by atomic mass is 10.2. The van der Waals surface area contributed by atoms with Crippen LogP contribution >= 0.6 is 11.3 Å². The molecule has 4 N–H and O–H groups in total. The molecule has 1 aliphatic heterocycles. The fourth-order valence-corrected chi connectivity index (χ4v) is 5.92. The lowest BCUT2D eigenvalue weighted by Crippen LogP contribution is -2.33. The Kier molecular flexibility index (Phi) is 5.63. The summed E-state index contributed by atoms with van der Waals surface area (Å²) >= 11 is 1.51. The van der Waals surface area contributed by atoms with Crippen molar-refractivity contribution in [2.75, 3.05) is 10.8 Å². The van der Waals surface area contributed by atoms with Crippen LogP contribution in [-0.2, 0) is 10.0 Å². The van der Waals surface area contributed by atoms with Gasteiger partial charge in [-0.15, -0.1) is 11.3 Å². The molecule has 1 fully saturated rings. The highest BCUT2D eigenvalue weighted by molar-refractivity contribution is 7.93. The molecule has 0 bridgehead atoms. The molecular formula is C19H23N5O2S2. The van der Waals surface area contributed by atoms with Crippen LogP contribution in [0.15, 0.2) is 59.5 Å². The van der Waals surface area contributed by atoms with Crippen molar-refractivity contribution >= 4 is 36.4 Å². The predicted molar refractivity (Wildman–Crippen MR) is 113 cm³/mol. The zero-order valence-electron chi connectivity index (χ0n) is 15.5. The molecule has 0 unspecified atom stereocenters. The summed E-state index contributed by atoms with van der Waals surface area (Å²) < 4.78 is 29.5. The van der Waals surface area contributed by atoms with Crippen molar-refractivity contribution in [3.8, 4) is 0 Å². The van der Waals surface area contributed by atoms with Crippen LogP contribution in [-0.4, -0.2) is 15.0 Å². The molecule has 2 aromatic carbocycles. The average Bonchev–Trinajstić information content (AvgIpc) is 3.38. The van der Waals surface area contributed by atoms with E-state index in [0.29, 0.717) is 11.4 Å². The highest BCUT2D eigenvalue weighted by Crippen LogP contribution is 2.35. The molecule has 9 heteroatoms. The smallest absolute Gasteiger partial charge is 0.257 e. The second kappa shape index (κ2) is 8.16. The number of nitrogens with zero attached hydrogens (tertiary/aromatic N) is 1. The van der Waals surface area contributed by atoms with E-state index >= 15 is 0 Å². The average molecular weight is 418 g/mol. The monoisotopic (exact) mass is 417 g/mol. The van der Waals surface area contributed by atoms with Gasteiger partial charge in [-0.25, -0.2) is 19.3 Å². The highest BCUT2D eigenvalue weighted by Gasteiger charge is 2.26. The molecule has 0 saturated carbocycles. The molecule has 0 radical (unpaired) electrons. The zero-order valence-corrected chi connectivity index (χ0v) is 17.1. The van der Waals surface area contributed by atoms with Crippen LogP contribution in [0.5, 0.6) is 0 Å². The highest BCUT2D eigenvalue weighted by atomic mass is 32.2. The molecule has 0 aliphatic carbocycles. The minimum atomic E-state index is -3.64. The van der Waals surface area contributed by atoms with Gasteiger partial charge in [-0.2, -0.15) is 11.1 Å². The van der Waals surface area contributed by atoms with Crippen LogP contribution in [0.1, 0.15) is 31.5 Å². The van der Waals surface area contributed by atoms with E-state index in [1.807, 2.05) is 42.5 Å². The van der Waals surface area contributed by atoms with E-state index in [1.54, 1.807) is 16.4 Å². The van der Waals surface area contributed by atoms with Gasteiger partial charge < -0.3 is 0 Å². The second-order valence-electron chi connectivity index (χ2n) is 6.59. The molecule has 0 amide bonds. The first-order valence-corrected chi connectivity index (χ1v) is 11.5. The Balaban J connectivity index is 1.67. The number of hydrogen-bond donors (Lipinski definition) is 4. The molecule has 148 valence electrons. The summed E-state index contributed by atoms with van der Waals surface area (Å²) in [5.74, 6) is 0. The number of rotatable bonds is 7. The Labute approximate surface area is 168 Å². The number of nitrogens with one attached hydrogen (secondary N) is 4. The fraction of sp³-hybridized carbons (Fsp3) is 0.263. The Morgan fingerprint density at radius 3 is 2.43 bits per heavy atom. The van der Waals surface area contributed by atoms with Crippen LogP contribution in [0.4, 0.5) is 5.00 Å². The third kappa shape index (κ3) is 3.77. The number of benzene rings is 2. The lowest BCUT2D eigenvalue weighted by molar-refractivity contribution is 0.554. The number of anilines is 1. The van der Waals surface area contributed by atoms with E-state index in [0.717, 1.165) is 33.5 Å². The Hall–Kier alpha value is -2.01. The van der Waals surface area contributed by atoms with Crippen molar-refractivity contribution in [3.63, 3.8) is 0 Å². The van der Waals surface area contributed by atoms with E-state index in [2.05, 4.69) is 28.8 Å². The summed E-state index contributed by atoms with van der Waals surface area (Å²) in [5, 5.41) is 1.82. The summed E-state index contributed by atoms with van der Waals surface area (Å²) in [6.07, 6.45) is 1.60. The second-order valence-corrected chi connectivity index (χ2v) is 9.52. The lowest BCUT2D eigenvalue weighted by Gasteiger charge is -2.23. The van der Waals surface area contributed by atoms with Gasteiger partial charge in [0.05, 0.1) is 4.90 Å². The van der Waals surface area contributed by atoms with E-state index < -0.39 is 10.0 Å². The van der Waals surface area contributed by atoms with Crippen LogP contribution < -0.4 is 26.2 Å². The maximum atomic E-state index is 13.4. The number of hydrazine groups is 3. The number of hydrogen-bond acceptors (Lipinski definition) is 7. The Bertz CT molecular complexity index is 1010. The molecule has 0 spiro atoms. The van der Waals surface area contributed by atoms with Gasteiger partial charge in [-0.1, -0.05) is 43.7 Å². The first-order valence-electron chi connectivity index (χ1n) is 9.22. The van der Waals surface area contributed by atoms with Crippen molar-refractivity contribution in [3.05, 3.63) is 60.2 Å². The van der Waals surface area contributed by atoms with Crippen LogP contribution in [0.25, 0.3) is 10.1 Å². The molecule has 2 heterocycles. The third-order valence-electron chi connectivity index (χ3n) is 4.67. The standard InChI is InChI=1S/C19H23N5O2S2/c1-2-3-12-24(18-13-15-6-4-5-7-17(15)27-18)28(25,26)16-10-8-14(9-11-16)19-20-22-23-21-19/h4-11,13,19-23H,2-3,12H2,1H3. The van der Waals surface area contributed by atoms with E-state index in [4.69, 9.17) is 0 Å². The van der Waals surface area contributed by atoms with Gasteiger partial charge in [0, 0.05) is 11.2 Å². The summed E-state index contributed by atoms with van der Waals surface area (Å²) in [6.45, 7) is 2.53. The summed E-state index contributed by atoms with van der Waals surface area (Å²) in [4.78, 5) is 0.295. The van der Waals surface area contributed by atoms with Crippen molar-refractivity contribution in [2.45, 2.75) is 30.8 Å². The van der Waals surface area contributed by atoms with E-state index in [9.17, 15) is 8.42 Å². The molecule has 1 aromatic heterocycles. The summed E-state index contributed by atoms with van der Waals surface area (Å²) in [6, 6.07) is 16.9. The normalized spacial score (nSPS) is 15.3. The minimum Gasteiger partial charge on any atom is -0.257 e. The predicted octanol–water partition coefficient (Wildman–Crippen LogP) is 3.01. The van der Waals surface area contributed by atoms with Gasteiger partial charge in [0.1, 0.15) is 11.2 Å². The molecule has 0 atom stereocenters. The van der Waals surface area contributed by atoms with Crippen molar-refractivity contribution in [1.82, 2.24) is 21.9 Å². The number of fused-ring (bicyclic) bond motifs is 1. The van der Waals surface area contributed by atoms with Crippen LogP contribution in [0.3, 0.4) is 0 Å². The molecule has 1 aliphatic rings. The molecule has 7 nitrogen and oxygen atoms in total. The number of unbranched alkanes of at least 4 members (excludes halogenated alkanes) is 1. The maximum absolute atomic E-state index is 13.4. The molecular weight excluding hydrogens is 394 g/mol. The molecule has 4 rings (SSSR count). The quantitative estimate of drug-likeness (QED) is 0.473. The molecule has 1 saturated heterocycles. The van der Waals surface area contributed by atoms with Crippen LogP contribution in [0.2, 0.25) is 0 Å². The first-order chi connectivity index (χ1) is 13.6. The zero-order chi connectivity index (χ0) is 19.6. The van der Waals surface area contributed by atoms with Crippen molar-refractivity contribution in [2.24, 2.45) is 0 Å². The number of sulfonamides is 1. The Morgan fingerprint density at radius 1 is 1.04 bits per heavy atom. The van der Waals surface area contributed by atoms with Crippen molar-refractivity contribution in [1.29, 1.82) is 0 Å². The van der Waals surface area contributed by atoms with E-state index in [-0.39, 0.29) is 6.17 Å². The summed E-state index contributed by atoms with van der Waals surface area (Å²) in [5.41, 5.74) is 12.4. The van der Waals surface area contributed by atoms with Gasteiger partial charge in [-0.05, 0) is 41.6 Å². The van der Waals surface area contributed by atoms with E-state index in [1.165, 1.54) is 11.3 Å². The topological polar surface area (TPSA) is 85.5 Å². The van der Waals surface area contributed by atoms with Crippen LogP contribution in [0, 0.1) is 0 Å². The minimum absolute atomic E-state index is 0.129. The van der Waals surface area contributed by atoms with Gasteiger partial charge >= 0.3 is 0 Å². The SMILES string of the molecule is CCCCN(c1cc2ccccc2s1)S(=O)(=O)c1ccc(C2NNNN2)cc1.